The molecule has 1 aliphatic heterocycles. The third-order valence-corrected chi connectivity index (χ3v) is 6.85. The Labute approximate surface area is 181 Å². The van der Waals surface area contributed by atoms with Gasteiger partial charge in [-0.15, -0.1) is 0 Å². The van der Waals surface area contributed by atoms with Crippen LogP contribution >= 0.6 is 0 Å². The summed E-state index contributed by atoms with van der Waals surface area (Å²) in [5, 5.41) is 0. The summed E-state index contributed by atoms with van der Waals surface area (Å²) in [6, 6.07) is 13.6. The first-order valence-corrected chi connectivity index (χ1v) is 11.0. The van der Waals surface area contributed by atoms with Crippen molar-refractivity contribution in [2.24, 2.45) is 0 Å². The van der Waals surface area contributed by atoms with Gasteiger partial charge in [0, 0.05) is 19.6 Å². The molecule has 2 aromatic rings. The van der Waals surface area contributed by atoms with Gasteiger partial charge in [-0.3, -0.25) is 9.59 Å². The maximum absolute atomic E-state index is 13.2. The zero-order valence-corrected chi connectivity index (χ0v) is 18.1. The molecule has 1 fully saturated rings. The smallest absolute Gasteiger partial charge is 0.326 e. The van der Waals surface area contributed by atoms with Crippen molar-refractivity contribution in [1.82, 2.24) is 9.21 Å². The summed E-state index contributed by atoms with van der Waals surface area (Å²) < 4.78 is 42.7. The van der Waals surface area contributed by atoms with Gasteiger partial charge in [-0.1, -0.05) is 18.2 Å². The first kappa shape index (κ1) is 22.6. The first-order chi connectivity index (χ1) is 14.9. The first-order valence-electron chi connectivity index (χ1n) is 9.56. The predicted octanol–water partition coefficient (Wildman–Crippen LogP) is 1.15. The predicted molar refractivity (Wildman–Crippen MR) is 111 cm³/mol. The van der Waals surface area contributed by atoms with E-state index in [1.165, 1.54) is 43.4 Å². The molecule has 1 unspecified atom stereocenters. The summed E-state index contributed by atoms with van der Waals surface area (Å²) in [4.78, 5) is 26.4. The number of hydrogen-bond acceptors (Lipinski definition) is 7. The van der Waals surface area contributed by atoms with Crippen molar-refractivity contribution < 1.29 is 32.2 Å². The van der Waals surface area contributed by atoms with E-state index >= 15 is 0 Å². The van der Waals surface area contributed by atoms with Crippen LogP contribution in [-0.2, 0) is 24.3 Å². The largest absolute Gasteiger partial charge is 0.497 e. The van der Waals surface area contributed by atoms with Gasteiger partial charge in [0.05, 0.1) is 19.1 Å². The lowest BCUT2D eigenvalue weighted by atomic mass is 10.2. The maximum atomic E-state index is 13.2. The monoisotopic (exact) mass is 448 g/mol. The number of methoxy groups -OCH3 is 2. The molecular formula is C21H24N2O7S. The van der Waals surface area contributed by atoms with Gasteiger partial charge >= 0.3 is 5.97 Å². The lowest BCUT2D eigenvalue weighted by molar-refractivity contribution is -0.149. The van der Waals surface area contributed by atoms with Crippen molar-refractivity contribution >= 4 is 21.9 Å². The van der Waals surface area contributed by atoms with E-state index in [4.69, 9.17) is 14.2 Å². The topological polar surface area (TPSA) is 102 Å². The molecule has 0 spiro atoms. The van der Waals surface area contributed by atoms with Crippen LogP contribution in [0.15, 0.2) is 59.5 Å². The molecule has 1 amide bonds. The standard InChI is InChI=1S/C21H24N2O7S/c1-28-16-8-10-18(11-9-16)31(26,27)23-13-12-22(14-19(23)21(25)29-2)20(24)15-30-17-6-4-3-5-7-17/h3-11,19H,12-15H2,1-2H3. The van der Waals surface area contributed by atoms with E-state index < -0.39 is 22.0 Å². The minimum Gasteiger partial charge on any atom is -0.497 e. The van der Waals surface area contributed by atoms with Crippen LogP contribution in [0.5, 0.6) is 11.5 Å². The van der Waals surface area contributed by atoms with E-state index in [1.807, 2.05) is 6.07 Å². The molecule has 10 heteroatoms. The van der Waals surface area contributed by atoms with Crippen LogP contribution in [0.4, 0.5) is 0 Å². The van der Waals surface area contributed by atoms with Crippen LogP contribution in [-0.4, -0.2) is 76.0 Å². The number of para-hydroxylation sites is 1. The fraction of sp³-hybridized carbons (Fsp3) is 0.333. The highest BCUT2D eigenvalue weighted by molar-refractivity contribution is 7.89. The van der Waals surface area contributed by atoms with Gasteiger partial charge in [-0.2, -0.15) is 4.31 Å². The Kier molecular flexibility index (Phi) is 7.13. The second kappa shape index (κ2) is 9.80. The Morgan fingerprint density at radius 3 is 2.26 bits per heavy atom. The molecule has 0 radical (unpaired) electrons. The van der Waals surface area contributed by atoms with E-state index in [0.29, 0.717) is 11.5 Å². The highest BCUT2D eigenvalue weighted by Gasteiger charge is 2.42. The van der Waals surface area contributed by atoms with Gasteiger partial charge in [0.25, 0.3) is 5.91 Å². The summed E-state index contributed by atoms with van der Waals surface area (Å²) in [7, 11) is -1.33. The van der Waals surface area contributed by atoms with Crippen molar-refractivity contribution in [2.75, 3.05) is 40.5 Å². The molecule has 0 saturated carbocycles. The van der Waals surface area contributed by atoms with Gasteiger partial charge in [-0.25, -0.2) is 8.42 Å². The van der Waals surface area contributed by atoms with Crippen molar-refractivity contribution in [1.29, 1.82) is 0 Å². The number of hydrogen-bond donors (Lipinski definition) is 0. The summed E-state index contributed by atoms with van der Waals surface area (Å²) in [6.07, 6.45) is 0. The molecule has 1 atom stereocenters. The fourth-order valence-corrected chi connectivity index (χ4v) is 4.81. The summed E-state index contributed by atoms with van der Waals surface area (Å²) >= 11 is 0. The molecule has 9 nitrogen and oxygen atoms in total. The van der Waals surface area contributed by atoms with Crippen LogP contribution in [0.2, 0.25) is 0 Å². The highest BCUT2D eigenvalue weighted by atomic mass is 32.2. The number of amides is 1. The number of carbonyl (C=O) groups is 2. The molecule has 0 N–H and O–H groups in total. The molecule has 1 aliphatic rings. The summed E-state index contributed by atoms with van der Waals surface area (Å²) in [6.45, 7) is -0.271. The van der Waals surface area contributed by atoms with E-state index in [1.54, 1.807) is 24.3 Å². The van der Waals surface area contributed by atoms with E-state index in [9.17, 15) is 18.0 Å². The van der Waals surface area contributed by atoms with Crippen LogP contribution < -0.4 is 9.47 Å². The van der Waals surface area contributed by atoms with Crippen molar-refractivity contribution in [3.05, 3.63) is 54.6 Å². The third kappa shape index (κ3) is 5.15. The average Bonchev–Trinajstić information content (AvgIpc) is 2.82. The lowest BCUT2D eigenvalue weighted by Gasteiger charge is -2.38. The van der Waals surface area contributed by atoms with Gasteiger partial charge in [0.15, 0.2) is 6.61 Å². The van der Waals surface area contributed by atoms with Crippen LogP contribution in [0.3, 0.4) is 0 Å². The van der Waals surface area contributed by atoms with Gasteiger partial charge < -0.3 is 19.1 Å². The van der Waals surface area contributed by atoms with E-state index in [-0.39, 0.29) is 37.0 Å². The number of rotatable bonds is 7. The average molecular weight is 448 g/mol. The number of esters is 1. The Morgan fingerprint density at radius 1 is 0.968 bits per heavy atom. The Bertz CT molecular complexity index is 1010. The van der Waals surface area contributed by atoms with Crippen molar-refractivity contribution in [2.45, 2.75) is 10.9 Å². The molecule has 31 heavy (non-hydrogen) atoms. The molecule has 2 aromatic carbocycles. The number of benzene rings is 2. The second-order valence-corrected chi connectivity index (χ2v) is 8.66. The molecule has 0 aromatic heterocycles. The Morgan fingerprint density at radius 2 is 1.65 bits per heavy atom. The molecule has 0 aliphatic carbocycles. The number of ether oxygens (including phenoxy) is 3. The summed E-state index contributed by atoms with van der Waals surface area (Å²) in [5.41, 5.74) is 0. The third-order valence-electron chi connectivity index (χ3n) is 4.93. The minimum atomic E-state index is -3.99. The molecule has 3 rings (SSSR count). The normalized spacial score (nSPS) is 17.1. The minimum absolute atomic E-state index is 0.0226. The van der Waals surface area contributed by atoms with E-state index in [0.717, 1.165) is 4.31 Å². The van der Waals surface area contributed by atoms with E-state index in [2.05, 4.69) is 0 Å². The number of nitrogens with zero attached hydrogens (tertiary/aromatic N) is 2. The fourth-order valence-electron chi connectivity index (χ4n) is 3.24. The van der Waals surface area contributed by atoms with Gasteiger partial charge in [0.2, 0.25) is 10.0 Å². The van der Waals surface area contributed by atoms with Crippen molar-refractivity contribution in [3.8, 4) is 11.5 Å². The number of sulfonamides is 1. The molecule has 1 heterocycles. The molecule has 166 valence electrons. The zero-order valence-electron chi connectivity index (χ0n) is 17.3. The number of piperazine rings is 1. The Balaban J connectivity index is 1.74. The van der Waals surface area contributed by atoms with Gasteiger partial charge in [0.1, 0.15) is 17.5 Å². The highest BCUT2D eigenvalue weighted by Crippen LogP contribution is 2.24. The SMILES string of the molecule is COC(=O)C1CN(C(=O)COc2ccccc2)CCN1S(=O)(=O)c1ccc(OC)cc1. The Hall–Kier alpha value is -3.11. The zero-order chi connectivity index (χ0) is 22.4. The number of carbonyl (C=O) groups excluding carboxylic acids is 2. The summed E-state index contributed by atoms with van der Waals surface area (Å²) in [5.74, 6) is -0.0313. The van der Waals surface area contributed by atoms with Crippen LogP contribution in [0.25, 0.3) is 0 Å². The quantitative estimate of drug-likeness (QED) is 0.586. The van der Waals surface area contributed by atoms with Crippen molar-refractivity contribution in [3.63, 3.8) is 0 Å². The van der Waals surface area contributed by atoms with Crippen LogP contribution in [0.1, 0.15) is 0 Å². The maximum Gasteiger partial charge on any atom is 0.326 e. The molecular weight excluding hydrogens is 424 g/mol. The molecule has 0 bridgehead atoms. The van der Waals surface area contributed by atoms with Gasteiger partial charge in [-0.05, 0) is 36.4 Å². The lowest BCUT2D eigenvalue weighted by Crippen LogP contribution is -2.60. The van der Waals surface area contributed by atoms with Crippen LogP contribution in [0, 0.1) is 0 Å². The molecule has 1 saturated heterocycles. The second-order valence-electron chi connectivity index (χ2n) is 6.77.